The number of nitrogens with one attached hydrogen (secondary N) is 1. The Kier molecular flexibility index (Phi) is 3.88. The molecule has 0 aliphatic heterocycles. The molecule has 0 amide bonds. The average Bonchev–Trinajstić information content (AvgIpc) is 2.29. The summed E-state index contributed by atoms with van der Waals surface area (Å²) in [7, 11) is 0. The van der Waals surface area contributed by atoms with E-state index in [1.54, 1.807) is 0 Å². The predicted octanol–water partition coefficient (Wildman–Crippen LogP) is 2.86. The Labute approximate surface area is 101 Å². The van der Waals surface area contributed by atoms with Gasteiger partial charge in [-0.1, -0.05) is 34.8 Å². The van der Waals surface area contributed by atoms with Crippen LogP contribution in [-0.2, 0) is 0 Å². The molecule has 0 spiro atoms. The average molecular weight is 276 g/mol. The summed E-state index contributed by atoms with van der Waals surface area (Å²) in [5.74, 6) is 0. The number of aliphatic hydroxyl groups excluding tert-OH is 1. The van der Waals surface area contributed by atoms with Gasteiger partial charge in [0.25, 0.3) is 0 Å². The second kappa shape index (κ2) is 4.41. The minimum atomic E-state index is -1.76. The minimum Gasteiger partial charge on any atom is -0.369 e. The number of aliphatic hydroxyl groups is 1. The molecule has 80 valence electrons. The summed E-state index contributed by atoms with van der Waals surface area (Å²) in [6.07, 6.45) is -1.27. The standard InChI is InChI=1S/C7H9Cl3N2OS/c1-3-4(2)14-6(11-3)12-5(13)7(8,9)10/h5,13H,1-2H3,(H,11,12). The lowest BCUT2D eigenvalue weighted by molar-refractivity contribution is 0.208. The molecule has 0 aliphatic carbocycles. The van der Waals surface area contributed by atoms with E-state index in [4.69, 9.17) is 34.8 Å². The third-order valence-corrected chi connectivity index (χ3v) is 3.22. The third-order valence-electron chi connectivity index (χ3n) is 1.60. The lowest BCUT2D eigenvalue weighted by atomic mass is 10.4. The van der Waals surface area contributed by atoms with Gasteiger partial charge < -0.3 is 10.4 Å². The van der Waals surface area contributed by atoms with Gasteiger partial charge in [-0.15, -0.1) is 11.3 Å². The molecule has 0 saturated carbocycles. The number of alkyl halides is 3. The van der Waals surface area contributed by atoms with Crippen LogP contribution in [0.1, 0.15) is 10.6 Å². The molecule has 1 heterocycles. The maximum atomic E-state index is 9.40. The number of aryl methyl sites for hydroxylation is 2. The topological polar surface area (TPSA) is 45.2 Å². The van der Waals surface area contributed by atoms with E-state index in [1.165, 1.54) is 11.3 Å². The summed E-state index contributed by atoms with van der Waals surface area (Å²) in [6, 6.07) is 0. The van der Waals surface area contributed by atoms with Crippen LogP contribution >= 0.6 is 46.1 Å². The molecule has 0 radical (unpaired) electrons. The van der Waals surface area contributed by atoms with Crippen molar-refractivity contribution in [1.29, 1.82) is 0 Å². The molecule has 1 rings (SSSR count). The van der Waals surface area contributed by atoms with Crippen LogP contribution in [0.15, 0.2) is 0 Å². The van der Waals surface area contributed by atoms with Crippen LogP contribution in [0.4, 0.5) is 5.13 Å². The van der Waals surface area contributed by atoms with Crippen LogP contribution < -0.4 is 5.32 Å². The Hall–Kier alpha value is 0.260. The zero-order valence-electron chi connectivity index (χ0n) is 7.51. The summed E-state index contributed by atoms with van der Waals surface area (Å²) in [5, 5.41) is 12.6. The lowest BCUT2D eigenvalue weighted by Gasteiger charge is -2.19. The minimum absolute atomic E-state index is 0.541. The molecule has 0 fully saturated rings. The molecule has 0 bridgehead atoms. The molecule has 1 atom stereocenters. The zero-order chi connectivity index (χ0) is 10.9. The van der Waals surface area contributed by atoms with Crippen LogP contribution in [0, 0.1) is 13.8 Å². The van der Waals surface area contributed by atoms with Crippen molar-refractivity contribution in [3.8, 4) is 0 Å². The Bertz CT molecular complexity index is 304. The number of hydrogen-bond acceptors (Lipinski definition) is 4. The van der Waals surface area contributed by atoms with E-state index in [0.717, 1.165) is 10.6 Å². The van der Waals surface area contributed by atoms with E-state index < -0.39 is 10.0 Å². The largest absolute Gasteiger partial charge is 0.369 e. The highest BCUT2D eigenvalue weighted by Gasteiger charge is 2.31. The molecule has 14 heavy (non-hydrogen) atoms. The van der Waals surface area contributed by atoms with Crippen LogP contribution in [0.2, 0.25) is 0 Å². The van der Waals surface area contributed by atoms with Crippen molar-refractivity contribution in [3.63, 3.8) is 0 Å². The van der Waals surface area contributed by atoms with Gasteiger partial charge in [0, 0.05) is 4.88 Å². The molecule has 3 nitrogen and oxygen atoms in total. The van der Waals surface area contributed by atoms with Crippen LogP contribution in [0.3, 0.4) is 0 Å². The van der Waals surface area contributed by atoms with Gasteiger partial charge in [-0.3, -0.25) is 0 Å². The number of rotatable bonds is 2. The molecular formula is C7H9Cl3N2OS. The van der Waals surface area contributed by atoms with Gasteiger partial charge in [0.05, 0.1) is 5.69 Å². The number of hydrogen-bond donors (Lipinski definition) is 2. The Morgan fingerprint density at radius 1 is 1.43 bits per heavy atom. The zero-order valence-corrected chi connectivity index (χ0v) is 10.6. The predicted molar refractivity (Wildman–Crippen MR) is 61.5 cm³/mol. The van der Waals surface area contributed by atoms with Gasteiger partial charge >= 0.3 is 0 Å². The maximum Gasteiger partial charge on any atom is 0.234 e. The molecule has 7 heteroatoms. The SMILES string of the molecule is Cc1nc(NC(O)C(Cl)(Cl)Cl)sc1C. The summed E-state index contributed by atoms with van der Waals surface area (Å²) in [6.45, 7) is 3.80. The molecule has 1 aromatic heterocycles. The normalized spacial score (nSPS) is 14.1. The molecule has 1 unspecified atom stereocenters. The highest BCUT2D eigenvalue weighted by Crippen LogP contribution is 2.32. The van der Waals surface area contributed by atoms with Crippen molar-refractivity contribution in [1.82, 2.24) is 4.98 Å². The first kappa shape index (κ1) is 12.3. The lowest BCUT2D eigenvalue weighted by Crippen LogP contribution is -2.33. The molecule has 1 aromatic rings. The van der Waals surface area contributed by atoms with Gasteiger partial charge in [-0.2, -0.15) is 0 Å². The fourth-order valence-corrected chi connectivity index (χ4v) is 1.73. The number of thiazole rings is 1. The van der Waals surface area contributed by atoms with E-state index in [9.17, 15) is 5.11 Å². The van der Waals surface area contributed by atoms with Crippen LogP contribution in [0.25, 0.3) is 0 Å². The number of nitrogens with zero attached hydrogens (tertiary/aromatic N) is 1. The molecule has 0 saturated heterocycles. The van der Waals surface area contributed by atoms with E-state index in [-0.39, 0.29) is 0 Å². The van der Waals surface area contributed by atoms with Gasteiger partial charge in [0.1, 0.15) is 0 Å². The fourth-order valence-electron chi connectivity index (χ4n) is 0.733. The van der Waals surface area contributed by atoms with Gasteiger partial charge in [0.2, 0.25) is 3.79 Å². The summed E-state index contributed by atoms with van der Waals surface area (Å²) in [4.78, 5) is 5.19. The number of halogens is 3. The molecular weight excluding hydrogens is 267 g/mol. The Morgan fingerprint density at radius 3 is 2.36 bits per heavy atom. The van der Waals surface area contributed by atoms with E-state index in [1.807, 2.05) is 13.8 Å². The molecule has 2 N–H and O–H groups in total. The number of anilines is 1. The van der Waals surface area contributed by atoms with E-state index in [2.05, 4.69) is 10.3 Å². The first-order chi connectivity index (χ1) is 6.30. The van der Waals surface area contributed by atoms with Crippen molar-refractivity contribution >= 4 is 51.3 Å². The second-order valence-corrected chi connectivity index (χ2v) is 6.32. The summed E-state index contributed by atoms with van der Waals surface area (Å²) < 4.78 is -1.76. The maximum absolute atomic E-state index is 9.40. The van der Waals surface area contributed by atoms with Crippen molar-refractivity contribution in [2.75, 3.05) is 5.32 Å². The Morgan fingerprint density at radius 2 is 2.00 bits per heavy atom. The summed E-state index contributed by atoms with van der Waals surface area (Å²) >= 11 is 17.8. The van der Waals surface area contributed by atoms with Gasteiger partial charge in [-0.25, -0.2) is 4.98 Å². The monoisotopic (exact) mass is 274 g/mol. The highest BCUT2D eigenvalue weighted by atomic mass is 35.6. The smallest absolute Gasteiger partial charge is 0.234 e. The van der Waals surface area contributed by atoms with E-state index in [0.29, 0.717) is 5.13 Å². The van der Waals surface area contributed by atoms with Gasteiger partial charge in [-0.05, 0) is 13.8 Å². The van der Waals surface area contributed by atoms with E-state index >= 15 is 0 Å². The Balaban J connectivity index is 2.70. The van der Waals surface area contributed by atoms with Crippen molar-refractivity contribution in [3.05, 3.63) is 10.6 Å². The first-order valence-corrected chi connectivity index (χ1v) is 5.71. The van der Waals surface area contributed by atoms with Crippen molar-refractivity contribution in [2.24, 2.45) is 0 Å². The first-order valence-electron chi connectivity index (χ1n) is 3.76. The highest BCUT2D eigenvalue weighted by molar-refractivity contribution is 7.15. The van der Waals surface area contributed by atoms with Gasteiger partial charge in [0.15, 0.2) is 11.4 Å². The molecule has 0 aromatic carbocycles. The van der Waals surface area contributed by atoms with Crippen molar-refractivity contribution in [2.45, 2.75) is 23.9 Å². The summed E-state index contributed by atoms with van der Waals surface area (Å²) in [5.41, 5.74) is 0.897. The van der Waals surface area contributed by atoms with Crippen LogP contribution in [-0.4, -0.2) is 20.1 Å². The fraction of sp³-hybridized carbons (Fsp3) is 0.571. The van der Waals surface area contributed by atoms with Crippen molar-refractivity contribution < 1.29 is 5.11 Å². The third kappa shape index (κ3) is 3.14. The second-order valence-electron chi connectivity index (χ2n) is 2.75. The number of aromatic nitrogens is 1. The quantitative estimate of drug-likeness (QED) is 0.644. The molecule has 0 aliphatic rings. The van der Waals surface area contributed by atoms with Crippen LogP contribution in [0.5, 0.6) is 0 Å².